The fourth-order valence-corrected chi connectivity index (χ4v) is 4.96. The Bertz CT molecular complexity index is 1320. The lowest BCUT2D eigenvalue weighted by Crippen LogP contribution is -2.15. The molecular formula is C21H21FN2O5S2. The second-order valence-corrected chi connectivity index (χ2v) is 10.2. The minimum atomic E-state index is -4.06. The summed E-state index contributed by atoms with van der Waals surface area (Å²) in [6.45, 7) is 3.69. The molecule has 7 nitrogen and oxygen atoms in total. The zero-order chi connectivity index (χ0) is 22.8. The van der Waals surface area contributed by atoms with Gasteiger partial charge in [-0.05, 0) is 79.6 Å². The number of anilines is 2. The third kappa shape index (κ3) is 5.15. The summed E-state index contributed by atoms with van der Waals surface area (Å²) < 4.78 is 73.9. The van der Waals surface area contributed by atoms with Crippen molar-refractivity contribution in [2.75, 3.05) is 16.6 Å². The molecule has 3 rings (SSSR count). The van der Waals surface area contributed by atoms with E-state index in [0.29, 0.717) is 0 Å². The van der Waals surface area contributed by atoms with E-state index in [1.165, 1.54) is 31.4 Å². The van der Waals surface area contributed by atoms with Gasteiger partial charge in [0, 0.05) is 0 Å². The van der Waals surface area contributed by atoms with Gasteiger partial charge in [0.05, 0.1) is 28.3 Å². The van der Waals surface area contributed by atoms with E-state index in [1.807, 2.05) is 13.8 Å². The van der Waals surface area contributed by atoms with Crippen LogP contribution in [0.2, 0.25) is 0 Å². The maximum atomic E-state index is 13.1. The number of ether oxygens (including phenoxy) is 1. The van der Waals surface area contributed by atoms with Crippen LogP contribution in [0, 0.1) is 19.7 Å². The van der Waals surface area contributed by atoms with Gasteiger partial charge in [-0.15, -0.1) is 0 Å². The molecule has 0 radical (unpaired) electrons. The normalized spacial score (nSPS) is 11.7. The summed E-state index contributed by atoms with van der Waals surface area (Å²) in [5.74, 6) is -0.390. The number of halogens is 1. The second kappa shape index (κ2) is 8.56. The van der Waals surface area contributed by atoms with Crippen molar-refractivity contribution in [3.63, 3.8) is 0 Å². The molecule has 0 atom stereocenters. The standard InChI is InChI=1S/C21H21FN2O5S2/c1-14-4-8-19(12-15(14)2)31(27,28)23-17-7-11-21(29-3)20(13-17)24-30(25,26)18-9-5-16(22)6-10-18/h4-13,23-24H,1-3H3. The zero-order valence-electron chi connectivity index (χ0n) is 17.0. The van der Waals surface area contributed by atoms with E-state index in [9.17, 15) is 21.2 Å². The van der Waals surface area contributed by atoms with E-state index < -0.39 is 25.9 Å². The van der Waals surface area contributed by atoms with Crippen LogP contribution in [0.5, 0.6) is 5.75 Å². The molecule has 3 aromatic carbocycles. The Labute approximate surface area is 181 Å². The molecule has 0 aromatic heterocycles. The molecule has 0 amide bonds. The van der Waals surface area contributed by atoms with Crippen LogP contribution in [0.4, 0.5) is 15.8 Å². The van der Waals surface area contributed by atoms with Gasteiger partial charge in [-0.1, -0.05) is 6.07 Å². The van der Waals surface area contributed by atoms with Crippen molar-refractivity contribution in [3.05, 3.63) is 77.6 Å². The summed E-state index contributed by atoms with van der Waals surface area (Å²) in [4.78, 5) is -0.0723. The minimum Gasteiger partial charge on any atom is -0.495 e. The molecule has 0 unspecified atom stereocenters. The Morgan fingerprint density at radius 3 is 1.97 bits per heavy atom. The number of aryl methyl sites for hydroxylation is 2. The monoisotopic (exact) mass is 464 g/mol. The molecule has 0 aliphatic rings. The Morgan fingerprint density at radius 2 is 1.35 bits per heavy atom. The highest BCUT2D eigenvalue weighted by atomic mass is 32.2. The number of hydrogen-bond acceptors (Lipinski definition) is 5. The second-order valence-electron chi connectivity index (χ2n) is 6.83. The van der Waals surface area contributed by atoms with E-state index in [0.717, 1.165) is 35.4 Å². The van der Waals surface area contributed by atoms with Crippen molar-refractivity contribution < 1.29 is 26.0 Å². The molecule has 10 heteroatoms. The summed E-state index contributed by atoms with van der Waals surface area (Å²) in [5, 5.41) is 0. The van der Waals surface area contributed by atoms with Crippen LogP contribution in [0.1, 0.15) is 11.1 Å². The van der Waals surface area contributed by atoms with Crippen LogP contribution in [-0.2, 0) is 20.0 Å². The minimum absolute atomic E-state index is 0.0205. The van der Waals surface area contributed by atoms with E-state index in [4.69, 9.17) is 4.74 Å². The van der Waals surface area contributed by atoms with Gasteiger partial charge < -0.3 is 4.74 Å². The Morgan fingerprint density at radius 1 is 0.742 bits per heavy atom. The van der Waals surface area contributed by atoms with E-state index in [-0.39, 0.29) is 26.9 Å². The number of rotatable bonds is 7. The Balaban J connectivity index is 1.93. The van der Waals surface area contributed by atoms with Gasteiger partial charge in [0.1, 0.15) is 11.6 Å². The summed E-state index contributed by atoms with van der Waals surface area (Å²) in [7, 11) is -6.61. The number of sulfonamides is 2. The van der Waals surface area contributed by atoms with Crippen LogP contribution in [-0.4, -0.2) is 23.9 Å². The smallest absolute Gasteiger partial charge is 0.262 e. The molecule has 0 bridgehead atoms. The van der Waals surface area contributed by atoms with Crippen molar-refractivity contribution >= 4 is 31.4 Å². The van der Waals surface area contributed by atoms with Gasteiger partial charge in [0.2, 0.25) is 0 Å². The van der Waals surface area contributed by atoms with Gasteiger partial charge in [0.15, 0.2) is 0 Å². The first-order valence-corrected chi connectivity index (χ1v) is 12.0. The molecule has 3 aromatic rings. The van der Waals surface area contributed by atoms with Gasteiger partial charge in [0.25, 0.3) is 20.0 Å². The molecule has 0 aliphatic carbocycles. The fraction of sp³-hybridized carbons (Fsp3) is 0.143. The zero-order valence-corrected chi connectivity index (χ0v) is 18.6. The molecule has 164 valence electrons. The van der Waals surface area contributed by atoms with Crippen molar-refractivity contribution in [2.24, 2.45) is 0 Å². The van der Waals surface area contributed by atoms with Crippen LogP contribution >= 0.6 is 0 Å². The predicted octanol–water partition coefficient (Wildman–Crippen LogP) is 4.05. The number of hydrogen-bond donors (Lipinski definition) is 2. The third-order valence-corrected chi connectivity index (χ3v) is 7.37. The highest BCUT2D eigenvalue weighted by Crippen LogP contribution is 2.31. The van der Waals surface area contributed by atoms with Gasteiger partial charge >= 0.3 is 0 Å². The topological polar surface area (TPSA) is 102 Å². The van der Waals surface area contributed by atoms with Crippen LogP contribution in [0.3, 0.4) is 0 Å². The fourth-order valence-electron chi connectivity index (χ4n) is 2.76. The van der Waals surface area contributed by atoms with Crippen LogP contribution < -0.4 is 14.2 Å². The molecule has 0 spiro atoms. The van der Waals surface area contributed by atoms with Gasteiger partial charge in [-0.3, -0.25) is 9.44 Å². The Kier molecular flexibility index (Phi) is 6.23. The quantitative estimate of drug-likeness (QED) is 0.549. The molecule has 0 saturated carbocycles. The lowest BCUT2D eigenvalue weighted by Gasteiger charge is -2.15. The first kappa shape index (κ1) is 22.6. The van der Waals surface area contributed by atoms with Crippen molar-refractivity contribution in [3.8, 4) is 5.75 Å². The molecule has 0 aliphatic heterocycles. The lowest BCUT2D eigenvalue weighted by molar-refractivity contribution is 0.417. The van der Waals surface area contributed by atoms with Gasteiger partial charge in [-0.25, -0.2) is 21.2 Å². The summed E-state index contributed by atoms with van der Waals surface area (Å²) >= 11 is 0. The maximum absolute atomic E-state index is 13.1. The number of methoxy groups -OCH3 is 1. The molecule has 0 fully saturated rings. The summed E-state index contributed by atoms with van der Waals surface area (Å²) in [6, 6.07) is 13.2. The SMILES string of the molecule is COc1ccc(NS(=O)(=O)c2ccc(C)c(C)c2)cc1NS(=O)(=O)c1ccc(F)cc1. The number of benzene rings is 3. The van der Waals surface area contributed by atoms with Crippen molar-refractivity contribution in [2.45, 2.75) is 23.6 Å². The largest absolute Gasteiger partial charge is 0.495 e. The first-order valence-electron chi connectivity index (χ1n) is 9.08. The van der Waals surface area contributed by atoms with Gasteiger partial charge in [-0.2, -0.15) is 0 Å². The van der Waals surface area contributed by atoms with Crippen LogP contribution in [0.25, 0.3) is 0 Å². The highest BCUT2D eigenvalue weighted by molar-refractivity contribution is 7.93. The van der Waals surface area contributed by atoms with Crippen molar-refractivity contribution in [1.82, 2.24) is 0 Å². The molecular weight excluding hydrogens is 443 g/mol. The molecule has 2 N–H and O–H groups in total. The van der Waals surface area contributed by atoms with E-state index >= 15 is 0 Å². The Hall–Kier alpha value is -3.11. The number of nitrogens with one attached hydrogen (secondary N) is 2. The highest BCUT2D eigenvalue weighted by Gasteiger charge is 2.19. The summed E-state index contributed by atoms with van der Waals surface area (Å²) in [5.41, 5.74) is 1.94. The average molecular weight is 465 g/mol. The van der Waals surface area contributed by atoms with E-state index in [2.05, 4.69) is 9.44 Å². The third-order valence-electron chi connectivity index (χ3n) is 4.61. The molecule has 31 heavy (non-hydrogen) atoms. The first-order chi connectivity index (χ1) is 14.5. The lowest BCUT2D eigenvalue weighted by atomic mass is 10.1. The molecule has 0 saturated heterocycles. The maximum Gasteiger partial charge on any atom is 0.262 e. The van der Waals surface area contributed by atoms with E-state index in [1.54, 1.807) is 12.1 Å². The van der Waals surface area contributed by atoms with Crippen molar-refractivity contribution in [1.29, 1.82) is 0 Å². The predicted molar refractivity (Wildman–Crippen MR) is 117 cm³/mol. The average Bonchev–Trinajstić information content (AvgIpc) is 2.70. The summed E-state index contributed by atoms with van der Waals surface area (Å²) in [6.07, 6.45) is 0. The van der Waals surface area contributed by atoms with Crippen LogP contribution in [0.15, 0.2) is 70.5 Å². The molecule has 0 heterocycles.